The highest BCUT2D eigenvalue weighted by molar-refractivity contribution is 7.14. The summed E-state index contributed by atoms with van der Waals surface area (Å²) in [6.45, 7) is 3.71. The Balaban J connectivity index is 1.98. The average Bonchev–Trinajstić information content (AvgIpc) is 2.89. The lowest BCUT2D eigenvalue weighted by Crippen LogP contribution is -2.39. The van der Waals surface area contributed by atoms with Crippen LogP contribution in [0.3, 0.4) is 0 Å². The summed E-state index contributed by atoms with van der Waals surface area (Å²) in [6.07, 6.45) is 1.72. The van der Waals surface area contributed by atoms with Crippen molar-refractivity contribution in [3.05, 3.63) is 20.8 Å². The van der Waals surface area contributed by atoms with Crippen molar-refractivity contribution < 1.29 is 14.8 Å². The second-order valence-electron chi connectivity index (χ2n) is 5.57. The first-order valence-corrected chi connectivity index (χ1v) is 8.34. The van der Waals surface area contributed by atoms with Gasteiger partial charge in [-0.25, -0.2) is 5.48 Å². The van der Waals surface area contributed by atoms with E-state index in [1.54, 1.807) is 11.5 Å². The zero-order valence-electron chi connectivity index (χ0n) is 12.6. The standard InChI is InChI=1S/C14H20ClN3O3S/c1-8(11-7-10(15)12(22-11)14(20)17-21)16-13(19)9-3-5-18(2)6-4-9/h7-9,21H,3-6H2,1-2H3,(H,16,19)(H,17,20)/t8-/m0/s1. The van der Waals surface area contributed by atoms with E-state index in [0.717, 1.165) is 42.1 Å². The van der Waals surface area contributed by atoms with Gasteiger partial charge >= 0.3 is 0 Å². The number of amides is 2. The summed E-state index contributed by atoms with van der Waals surface area (Å²) < 4.78 is 0. The van der Waals surface area contributed by atoms with Crippen molar-refractivity contribution in [3.8, 4) is 0 Å². The highest BCUT2D eigenvalue weighted by Crippen LogP contribution is 2.31. The number of hydrogen-bond acceptors (Lipinski definition) is 5. The number of thiophene rings is 1. The van der Waals surface area contributed by atoms with Gasteiger partial charge in [0.1, 0.15) is 4.88 Å². The Morgan fingerprint density at radius 1 is 1.45 bits per heavy atom. The predicted molar refractivity (Wildman–Crippen MR) is 85.4 cm³/mol. The molecule has 0 aliphatic carbocycles. The minimum absolute atomic E-state index is 0.0364. The molecule has 122 valence electrons. The molecule has 0 bridgehead atoms. The number of likely N-dealkylation sites (tertiary alicyclic amines) is 1. The summed E-state index contributed by atoms with van der Waals surface area (Å²) in [7, 11) is 2.05. The second-order valence-corrected chi connectivity index (χ2v) is 7.07. The van der Waals surface area contributed by atoms with Crippen LogP contribution in [0.1, 0.15) is 40.4 Å². The third-order valence-electron chi connectivity index (χ3n) is 3.89. The molecule has 1 aromatic heterocycles. The number of piperidine rings is 1. The van der Waals surface area contributed by atoms with Gasteiger partial charge in [-0.3, -0.25) is 14.8 Å². The van der Waals surface area contributed by atoms with Crippen LogP contribution in [0.2, 0.25) is 5.02 Å². The molecule has 1 fully saturated rings. The number of hydroxylamine groups is 1. The third-order valence-corrected chi connectivity index (χ3v) is 5.62. The molecule has 8 heteroatoms. The molecule has 0 saturated carbocycles. The van der Waals surface area contributed by atoms with Gasteiger partial charge in [-0.2, -0.15) is 0 Å². The van der Waals surface area contributed by atoms with Gasteiger partial charge in [0.15, 0.2) is 0 Å². The summed E-state index contributed by atoms with van der Waals surface area (Å²) in [4.78, 5) is 27.0. The molecular weight excluding hydrogens is 326 g/mol. The van der Waals surface area contributed by atoms with Crippen molar-refractivity contribution >= 4 is 34.8 Å². The molecular formula is C14H20ClN3O3S. The zero-order valence-corrected chi connectivity index (χ0v) is 14.1. The normalized spacial score (nSPS) is 18.0. The molecule has 1 atom stereocenters. The van der Waals surface area contributed by atoms with Crippen molar-refractivity contribution in [3.63, 3.8) is 0 Å². The van der Waals surface area contributed by atoms with Crippen LogP contribution in [-0.2, 0) is 4.79 Å². The van der Waals surface area contributed by atoms with Gasteiger partial charge in [0.2, 0.25) is 5.91 Å². The van der Waals surface area contributed by atoms with Crippen molar-refractivity contribution in [1.29, 1.82) is 0 Å². The summed E-state index contributed by atoms with van der Waals surface area (Å²) in [5.74, 6) is -0.567. The Hall–Kier alpha value is -1.15. The van der Waals surface area contributed by atoms with Gasteiger partial charge in [-0.1, -0.05) is 11.6 Å². The van der Waals surface area contributed by atoms with E-state index in [1.165, 1.54) is 0 Å². The number of nitrogens with one attached hydrogen (secondary N) is 2. The number of carbonyl (C=O) groups excluding carboxylic acids is 2. The first kappa shape index (κ1) is 17.2. The highest BCUT2D eigenvalue weighted by Gasteiger charge is 2.25. The number of halogens is 1. The molecule has 22 heavy (non-hydrogen) atoms. The van der Waals surface area contributed by atoms with E-state index in [9.17, 15) is 9.59 Å². The van der Waals surface area contributed by atoms with E-state index in [0.29, 0.717) is 0 Å². The fraction of sp³-hybridized carbons (Fsp3) is 0.571. The Bertz CT molecular complexity index is 556. The smallest absolute Gasteiger partial charge is 0.286 e. The molecule has 1 aromatic rings. The van der Waals surface area contributed by atoms with Crippen LogP contribution in [0, 0.1) is 5.92 Å². The van der Waals surface area contributed by atoms with E-state index in [1.807, 2.05) is 6.92 Å². The van der Waals surface area contributed by atoms with Crippen LogP contribution < -0.4 is 10.8 Å². The number of rotatable bonds is 4. The maximum atomic E-state index is 12.3. The lowest BCUT2D eigenvalue weighted by molar-refractivity contribution is -0.127. The molecule has 3 N–H and O–H groups in total. The Kier molecular flexibility index (Phi) is 5.80. The van der Waals surface area contributed by atoms with Crippen LogP contribution in [0.4, 0.5) is 0 Å². The van der Waals surface area contributed by atoms with Crippen LogP contribution in [0.15, 0.2) is 6.07 Å². The zero-order chi connectivity index (χ0) is 16.3. The van der Waals surface area contributed by atoms with E-state index in [-0.39, 0.29) is 27.8 Å². The molecule has 2 rings (SSSR count). The van der Waals surface area contributed by atoms with Crippen LogP contribution in [0.25, 0.3) is 0 Å². The van der Waals surface area contributed by atoms with Crippen molar-refractivity contribution in [2.24, 2.45) is 5.92 Å². The van der Waals surface area contributed by atoms with Gasteiger partial charge in [0.25, 0.3) is 5.91 Å². The summed E-state index contributed by atoms with van der Waals surface area (Å²) in [5.41, 5.74) is 1.57. The molecule has 6 nitrogen and oxygen atoms in total. The third kappa shape index (κ3) is 3.98. The lowest BCUT2D eigenvalue weighted by atomic mass is 9.96. The van der Waals surface area contributed by atoms with E-state index in [4.69, 9.17) is 16.8 Å². The first-order valence-electron chi connectivity index (χ1n) is 7.15. The highest BCUT2D eigenvalue weighted by atomic mass is 35.5. The van der Waals surface area contributed by atoms with Crippen molar-refractivity contribution in [2.45, 2.75) is 25.8 Å². The van der Waals surface area contributed by atoms with E-state index >= 15 is 0 Å². The van der Waals surface area contributed by atoms with Crippen LogP contribution in [-0.4, -0.2) is 42.1 Å². The van der Waals surface area contributed by atoms with E-state index < -0.39 is 5.91 Å². The minimum Gasteiger partial charge on any atom is -0.349 e. The predicted octanol–water partition coefficient (Wildman–Crippen LogP) is 2.04. The quantitative estimate of drug-likeness (QED) is 0.576. The second kappa shape index (κ2) is 7.41. The maximum absolute atomic E-state index is 12.3. The van der Waals surface area contributed by atoms with Crippen molar-refractivity contribution in [1.82, 2.24) is 15.7 Å². The molecule has 1 aliphatic rings. The molecule has 0 aromatic carbocycles. The molecule has 0 unspecified atom stereocenters. The molecule has 1 saturated heterocycles. The average molecular weight is 346 g/mol. The van der Waals surface area contributed by atoms with Gasteiger partial charge in [0.05, 0.1) is 11.1 Å². The first-order chi connectivity index (χ1) is 10.4. The number of hydrogen-bond donors (Lipinski definition) is 3. The van der Waals surface area contributed by atoms with Gasteiger partial charge in [-0.05, 0) is 46.0 Å². The van der Waals surface area contributed by atoms with E-state index in [2.05, 4.69) is 17.3 Å². The fourth-order valence-corrected chi connectivity index (χ4v) is 3.81. The minimum atomic E-state index is -0.643. The van der Waals surface area contributed by atoms with Gasteiger partial charge in [0, 0.05) is 10.8 Å². The Morgan fingerprint density at radius 2 is 2.09 bits per heavy atom. The fourth-order valence-electron chi connectivity index (χ4n) is 2.48. The lowest BCUT2D eigenvalue weighted by Gasteiger charge is -2.28. The van der Waals surface area contributed by atoms with Crippen LogP contribution in [0.5, 0.6) is 0 Å². The largest absolute Gasteiger partial charge is 0.349 e. The summed E-state index contributed by atoms with van der Waals surface area (Å²) in [5, 5.41) is 11.9. The maximum Gasteiger partial charge on any atom is 0.286 e. The van der Waals surface area contributed by atoms with Gasteiger partial charge in [-0.15, -0.1) is 11.3 Å². The van der Waals surface area contributed by atoms with Gasteiger partial charge < -0.3 is 10.2 Å². The molecule has 2 amide bonds. The topological polar surface area (TPSA) is 81.7 Å². The van der Waals surface area contributed by atoms with Crippen molar-refractivity contribution in [2.75, 3.05) is 20.1 Å². The summed E-state index contributed by atoms with van der Waals surface area (Å²) in [6, 6.07) is 1.42. The Morgan fingerprint density at radius 3 is 2.68 bits per heavy atom. The number of nitrogens with zero attached hydrogens (tertiary/aromatic N) is 1. The molecule has 0 spiro atoms. The Labute approximate surface area is 138 Å². The monoisotopic (exact) mass is 345 g/mol. The molecule has 0 radical (unpaired) electrons. The molecule has 1 aliphatic heterocycles. The number of carbonyl (C=O) groups is 2. The summed E-state index contributed by atoms with van der Waals surface area (Å²) >= 11 is 7.15. The SMILES string of the molecule is C[C@H](NC(=O)C1CCN(C)CC1)c1cc(Cl)c(C(=O)NO)s1. The molecule has 2 heterocycles. The van der Waals surface area contributed by atoms with Crippen LogP contribution >= 0.6 is 22.9 Å².